The summed E-state index contributed by atoms with van der Waals surface area (Å²) in [5.41, 5.74) is 0. The SMILES string of the molecule is CN(C(=O)CN1CCN(S(=O)(=O)c2ccc(F)cc2)CC1)C1CCCCC1. The predicted octanol–water partition coefficient (Wildman–Crippen LogP) is 1.92. The molecule has 150 valence electrons. The van der Waals surface area contributed by atoms with Gasteiger partial charge in [0.25, 0.3) is 0 Å². The smallest absolute Gasteiger partial charge is 0.243 e. The summed E-state index contributed by atoms with van der Waals surface area (Å²) in [5, 5.41) is 0. The second kappa shape index (κ2) is 8.67. The van der Waals surface area contributed by atoms with E-state index in [2.05, 4.69) is 0 Å². The topological polar surface area (TPSA) is 60.9 Å². The second-order valence-electron chi connectivity index (χ2n) is 7.43. The molecule has 0 atom stereocenters. The highest BCUT2D eigenvalue weighted by Gasteiger charge is 2.30. The first-order valence-electron chi connectivity index (χ1n) is 9.61. The lowest BCUT2D eigenvalue weighted by molar-refractivity contribution is -0.134. The lowest BCUT2D eigenvalue weighted by Crippen LogP contribution is -2.52. The van der Waals surface area contributed by atoms with Crippen molar-refractivity contribution in [3.63, 3.8) is 0 Å². The molecule has 0 N–H and O–H groups in total. The fourth-order valence-electron chi connectivity index (χ4n) is 3.86. The van der Waals surface area contributed by atoms with E-state index in [0.717, 1.165) is 25.0 Å². The third kappa shape index (κ3) is 4.86. The van der Waals surface area contributed by atoms with Crippen LogP contribution in [0.1, 0.15) is 32.1 Å². The summed E-state index contributed by atoms with van der Waals surface area (Å²) in [4.78, 5) is 16.5. The van der Waals surface area contributed by atoms with Crippen molar-refractivity contribution in [3.8, 4) is 0 Å². The number of carbonyl (C=O) groups excluding carboxylic acids is 1. The minimum atomic E-state index is -3.62. The number of piperazine rings is 1. The molecule has 2 aliphatic rings. The average molecular weight is 398 g/mol. The Labute approximate surface area is 161 Å². The molecule has 0 unspecified atom stereocenters. The van der Waals surface area contributed by atoms with Crippen molar-refractivity contribution < 1.29 is 17.6 Å². The van der Waals surface area contributed by atoms with Gasteiger partial charge in [-0.15, -0.1) is 0 Å². The molecule has 1 heterocycles. The number of hydrogen-bond donors (Lipinski definition) is 0. The number of sulfonamides is 1. The first-order valence-corrected chi connectivity index (χ1v) is 11.1. The largest absolute Gasteiger partial charge is 0.342 e. The summed E-state index contributed by atoms with van der Waals surface area (Å²) in [6.07, 6.45) is 5.77. The molecule has 0 bridgehead atoms. The first-order chi connectivity index (χ1) is 12.9. The van der Waals surface area contributed by atoms with E-state index < -0.39 is 15.8 Å². The van der Waals surface area contributed by atoms with E-state index in [1.54, 1.807) is 0 Å². The highest BCUT2D eigenvalue weighted by Crippen LogP contribution is 2.22. The quantitative estimate of drug-likeness (QED) is 0.762. The molecule has 1 aliphatic carbocycles. The monoisotopic (exact) mass is 397 g/mol. The van der Waals surface area contributed by atoms with Gasteiger partial charge in [0.05, 0.1) is 11.4 Å². The van der Waals surface area contributed by atoms with Gasteiger partial charge in [-0.25, -0.2) is 12.8 Å². The molecule has 3 rings (SSSR count). The number of benzene rings is 1. The summed E-state index contributed by atoms with van der Waals surface area (Å²) < 4.78 is 39.8. The summed E-state index contributed by atoms with van der Waals surface area (Å²) in [7, 11) is -1.74. The number of rotatable bonds is 5. The Kier molecular flexibility index (Phi) is 6.49. The van der Waals surface area contributed by atoms with E-state index in [1.165, 1.54) is 35.7 Å². The van der Waals surface area contributed by atoms with Crippen LogP contribution in [0.4, 0.5) is 4.39 Å². The zero-order valence-corrected chi connectivity index (χ0v) is 16.6. The molecule has 1 saturated carbocycles. The minimum Gasteiger partial charge on any atom is -0.342 e. The van der Waals surface area contributed by atoms with Crippen LogP contribution in [0.15, 0.2) is 29.2 Å². The van der Waals surface area contributed by atoms with Crippen LogP contribution in [0.2, 0.25) is 0 Å². The van der Waals surface area contributed by atoms with Gasteiger partial charge in [-0.2, -0.15) is 4.31 Å². The van der Waals surface area contributed by atoms with Gasteiger partial charge >= 0.3 is 0 Å². The molecule has 1 aromatic carbocycles. The van der Waals surface area contributed by atoms with Crippen molar-refractivity contribution >= 4 is 15.9 Å². The van der Waals surface area contributed by atoms with Crippen LogP contribution in [-0.2, 0) is 14.8 Å². The van der Waals surface area contributed by atoms with Crippen LogP contribution in [0, 0.1) is 5.82 Å². The molecule has 0 radical (unpaired) electrons. The van der Waals surface area contributed by atoms with Crippen LogP contribution in [-0.4, -0.2) is 74.2 Å². The van der Waals surface area contributed by atoms with Gasteiger partial charge < -0.3 is 4.90 Å². The molecule has 1 amide bonds. The summed E-state index contributed by atoms with van der Waals surface area (Å²) >= 11 is 0. The minimum absolute atomic E-state index is 0.102. The number of amides is 1. The average Bonchev–Trinajstić information content (AvgIpc) is 2.69. The highest BCUT2D eigenvalue weighted by atomic mass is 32.2. The number of likely N-dealkylation sites (N-methyl/N-ethyl adjacent to an activating group) is 1. The van der Waals surface area contributed by atoms with Crippen molar-refractivity contribution in [1.29, 1.82) is 0 Å². The van der Waals surface area contributed by atoms with Crippen molar-refractivity contribution in [1.82, 2.24) is 14.1 Å². The van der Waals surface area contributed by atoms with Crippen molar-refractivity contribution in [2.75, 3.05) is 39.8 Å². The molecule has 2 fully saturated rings. The molecule has 0 spiro atoms. The maximum absolute atomic E-state index is 13.0. The predicted molar refractivity (Wildman–Crippen MR) is 101 cm³/mol. The molecule has 1 aromatic rings. The zero-order chi connectivity index (χ0) is 19.4. The van der Waals surface area contributed by atoms with Crippen molar-refractivity contribution in [3.05, 3.63) is 30.1 Å². The van der Waals surface area contributed by atoms with Gasteiger partial charge in [0.1, 0.15) is 5.82 Å². The van der Waals surface area contributed by atoms with Crippen LogP contribution in [0.25, 0.3) is 0 Å². The van der Waals surface area contributed by atoms with Crippen LogP contribution in [0.3, 0.4) is 0 Å². The lowest BCUT2D eigenvalue weighted by Gasteiger charge is -2.36. The molecule has 8 heteroatoms. The Balaban J connectivity index is 1.52. The third-order valence-corrected chi connectivity index (χ3v) is 7.57. The number of nitrogens with zero attached hydrogens (tertiary/aromatic N) is 3. The van der Waals surface area contributed by atoms with E-state index in [4.69, 9.17) is 0 Å². The standard InChI is InChI=1S/C19H28FN3O3S/c1-21(17-5-3-2-4-6-17)19(24)15-22-11-13-23(14-12-22)27(25,26)18-9-7-16(20)8-10-18/h7-10,17H,2-6,11-15H2,1H3. The Morgan fingerprint density at radius 2 is 1.67 bits per heavy atom. The Morgan fingerprint density at radius 3 is 2.26 bits per heavy atom. The van der Waals surface area contributed by atoms with Crippen LogP contribution >= 0.6 is 0 Å². The van der Waals surface area contributed by atoms with Gasteiger partial charge in [0.2, 0.25) is 15.9 Å². The van der Waals surface area contributed by atoms with E-state index >= 15 is 0 Å². The van der Waals surface area contributed by atoms with E-state index in [0.29, 0.717) is 38.8 Å². The summed E-state index contributed by atoms with van der Waals surface area (Å²) in [6.45, 7) is 2.03. The van der Waals surface area contributed by atoms with Crippen LogP contribution < -0.4 is 0 Å². The molecular weight excluding hydrogens is 369 g/mol. The summed E-state index contributed by atoms with van der Waals surface area (Å²) in [5.74, 6) is -0.351. The molecule has 27 heavy (non-hydrogen) atoms. The number of halogens is 1. The number of hydrogen-bond acceptors (Lipinski definition) is 4. The molecular formula is C19H28FN3O3S. The Bertz CT molecular complexity index is 740. The maximum Gasteiger partial charge on any atom is 0.243 e. The van der Waals surface area contributed by atoms with Crippen molar-refractivity contribution in [2.45, 2.75) is 43.0 Å². The highest BCUT2D eigenvalue weighted by molar-refractivity contribution is 7.89. The van der Waals surface area contributed by atoms with E-state index in [-0.39, 0.29) is 10.8 Å². The van der Waals surface area contributed by atoms with Gasteiger partial charge in [-0.1, -0.05) is 19.3 Å². The van der Waals surface area contributed by atoms with Gasteiger partial charge in [-0.05, 0) is 37.1 Å². The maximum atomic E-state index is 13.0. The summed E-state index contributed by atoms with van der Waals surface area (Å²) in [6, 6.07) is 5.23. The second-order valence-corrected chi connectivity index (χ2v) is 9.37. The Hall–Kier alpha value is -1.51. The fourth-order valence-corrected chi connectivity index (χ4v) is 5.28. The molecule has 1 saturated heterocycles. The number of carbonyl (C=O) groups is 1. The first kappa shape index (κ1) is 20.2. The van der Waals surface area contributed by atoms with E-state index in [1.807, 2.05) is 16.8 Å². The normalized spacial score (nSPS) is 20.5. The van der Waals surface area contributed by atoms with Crippen molar-refractivity contribution in [2.24, 2.45) is 0 Å². The molecule has 0 aromatic heterocycles. The fraction of sp³-hybridized carbons (Fsp3) is 0.632. The van der Waals surface area contributed by atoms with Gasteiger partial charge in [0, 0.05) is 39.3 Å². The Morgan fingerprint density at radius 1 is 1.07 bits per heavy atom. The molecule has 1 aliphatic heterocycles. The van der Waals surface area contributed by atoms with E-state index in [9.17, 15) is 17.6 Å². The van der Waals surface area contributed by atoms with Crippen LogP contribution in [0.5, 0.6) is 0 Å². The zero-order valence-electron chi connectivity index (χ0n) is 15.8. The van der Waals surface area contributed by atoms with Gasteiger partial charge in [0.15, 0.2) is 0 Å². The lowest BCUT2D eigenvalue weighted by atomic mass is 9.94. The third-order valence-electron chi connectivity index (χ3n) is 5.66. The van der Waals surface area contributed by atoms with Gasteiger partial charge in [-0.3, -0.25) is 9.69 Å². The molecule has 6 nitrogen and oxygen atoms in total.